The van der Waals surface area contributed by atoms with Crippen LogP contribution >= 0.6 is 11.8 Å². The van der Waals surface area contributed by atoms with E-state index in [9.17, 15) is 63.6 Å². The summed E-state index contributed by atoms with van der Waals surface area (Å²) in [5.74, 6) is -17.6. The molecule has 15 atom stereocenters. The van der Waals surface area contributed by atoms with Gasteiger partial charge in [-0.05, 0) is 105 Å². The van der Waals surface area contributed by atoms with Crippen LogP contribution in [-0.2, 0) is 107 Å². The zero-order valence-corrected chi connectivity index (χ0v) is 76.7. The fourth-order valence-electron chi connectivity index (χ4n) is 16.5. The van der Waals surface area contributed by atoms with E-state index in [2.05, 4.69) is 73.1 Å². The molecule has 3 aliphatic rings. The number of benzene rings is 3. The standard InChI is InChI=1S/C90H125N21O21S/c1-9-11-22-70-83(125)101-63(34-49(3)4)79(121)106-69(78(120)96-43-74(92)115)46-133-47-75(116)98-66(35-51-25-27-55(113)28-26-51)86(128)107(6)50(5)77(119)99-62(31-32-91)88(130)110-33-17-24-71(110)84(126)103-65(38-54-42-93-48-97-54)81(123)100-61(29-30-76(117)118)89(131)111-44-56(114)39-73(111)85(127)102-64(36-52-40-94-59-20-15-13-18-57(52)59)80(122)105-68(45-112)82(124)104-67(37-53-41-95-60-21-16-14-19-58(53)60)87(129)109(8)72(23-12-10-2)90(132)108(70)7/h13-16,18-21,25-28,40-42,48-50,56,61-73,94-95,112-114H,9-12,17,22-24,29-39,43-47,91H2,1-8H3,(H2,92,115)(H,93,97)(H,96,120)(H,98,116)(H,99,119)(H,100,123)(H,101,125)(H,102,127)(H,103,126)(H,104,124)(H,105,122)(H,106,121)(H,117,118)/t50-,56+,61-,62-,63-,64-,65-,66-,67-,68-,69-,70-,71-,72-,73-/m0/s1. The van der Waals surface area contributed by atoms with E-state index in [0.29, 0.717) is 64.2 Å². The number of carboxylic acids is 1. The molecule has 0 saturated carbocycles. The summed E-state index contributed by atoms with van der Waals surface area (Å²) < 4.78 is 0. The van der Waals surface area contributed by atoms with Crippen molar-refractivity contribution < 1.29 is 102 Å². The molecule has 3 aromatic carbocycles. The number of hydrogen-bond acceptors (Lipinski definition) is 23. The molecule has 3 saturated heterocycles. The quantitative estimate of drug-likeness (QED) is 0.0299. The maximum atomic E-state index is 15.7. The van der Waals surface area contributed by atoms with Gasteiger partial charge in [-0.25, -0.2) is 4.98 Å². The average Bonchev–Trinajstić information content (AvgIpc) is 1.72. The summed E-state index contributed by atoms with van der Waals surface area (Å²) in [6.45, 7) is 5.93. The molecule has 722 valence electrons. The molecule has 42 nitrogen and oxygen atoms in total. The maximum absolute atomic E-state index is 15.7. The highest BCUT2D eigenvalue weighted by Crippen LogP contribution is 2.28. The number of para-hydroxylation sites is 2. The molecule has 16 amide bonds. The molecule has 3 aromatic heterocycles. The van der Waals surface area contributed by atoms with E-state index in [1.165, 1.54) is 74.7 Å². The Hall–Kier alpha value is -13.0. The maximum Gasteiger partial charge on any atom is 0.303 e. The van der Waals surface area contributed by atoms with Gasteiger partial charge in [-0.2, -0.15) is 0 Å². The van der Waals surface area contributed by atoms with Crippen LogP contribution in [0.25, 0.3) is 21.8 Å². The largest absolute Gasteiger partial charge is 0.508 e. The lowest BCUT2D eigenvalue weighted by atomic mass is 9.99. The van der Waals surface area contributed by atoms with Crippen LogP contribution in [-0.4, -0.2) is 321 Å². The minimum Gasteiger partial charge on any atom is -0.508 e. The fourth-order valence-corrected chi connectivity index (χ4v) is 17.4. The topological polar surface area (TPSA) is 620 Å². The van der Waals surface area contributed by atoms with Crippen LogP contribution in [0.2, 0.25) is 0 Å². The smallest absolute Gasteiger partial charge is 0.303 e. The number of nitrogens with two attached hydrogens (primary N) is 2. The van der Waals surface area contributed by atoms with Gasteiger partial charge in [0.15, 0.2) is 0 Å². The lowest BCUT2D eigenvalue weighted by molar-refractivity contribution is -0.149. The van der Waals surface area contributed by atoms with Crippen molar-refractivity contribution in [1.82, 2.24) is 97.6 Å². The van der Waals surface area contributed by atoms with Crippen LogP contribution in [0.1, 0.15) is 140 Å². The first-order valence-corrected chi connectivity index (χ1v) is 45.9. The number of fused-ring (bicyclic) bond motifs is 4. The van der Waals surface area contributed by atoms with Crippen molar-refractivity contribution in [2.45, 2.75) is 234 Å². The number of thioether (sulfide) groups is 1. The molecular formula is C90H125N21O21S. The number of aromatic nitrogens is 4. The van der Waals surface area contributed by atoms with Crippen molar-refractivity contribution in [2.75, 3.05) is 65.4 Å². The molecule has 0 aliphatic carbocycles. The summed E-state index contributed by atoms with van der Waals surface area (Å²) in [5.41, 5.74) is 14.3. The number of nitrogens with zero attached hydrogens (tertiary/aromatic N) is 6. The number of rotatable bonds is 25. The third-order valence-electron chi connectivity index (χ3n) is 24.0. The van der Waals surface area contributed by atoms with Gasteiger partial charge < -0.3 is 125 Å². The van der Waals surface area contributed by atoms with Crippen molar-refractivity contribution in [3.8, 4) is 5.75 Å². The molecular weight excluding hydrogens is 1740 g/mol. The summed E-state index contributed by atoms with van der Waals surface area (Å²) >= 11 is 0.808. The van der Waals surface area contributed by atoms with Crippen LogP contribution in [0.15, 0.2) is 97.7 Å². The van der Waals surface area contributed by atoms with Crippen molar-refractivity contribution in [3.05, 3.63) is 120 Å². The average molecular weight is 1870 g/mol. The fraction of sp³-hybridized carbons (Fsp3) is 0.533. The molecule has 0 bridgehead atoms. The number of phenols is 1. The Morgan fingerprint density at radius 1 is 0.564 bits per heavy atom. The number of carbonyl (C=O) groups excluding carboxylic acids is 16. The normalized spacial score (nSPS) is 25.0. The van der Waals surface area contributed by atoms with Crippen molar-refractivity contribution in [2.24, 2.45) is 17.4 Å². The molecule has 6 aromatic rings. The van der Waals surface area contributed by atoms with E-state index in [1.54, 1.807) is 74.8 Å². The Morgan fingerprint density at radius 3 is 1.68 bits per heavy atom. The van der Waals surface area contributed by atoms with Gasteiger partial charge in [0.05, 0.1) is 37.0 Å². The highest BCUT2D eigenvalue weighted by Gasteiger charge is 2.47. The summed E-state index contributed by atoms with van der Waals surface area (Å²) in [4.78, 5) is 268. The number of unbranched alkanes of at least 4 members (excludes halogenated alkanes) is 2. The number of aliphatic hydroxyl groups excluding tert-OH is 2. The third kappa shape index (κ3) is 28.5. The Bertz CT molecular complexity index is 5110. The Kier molecular flexibility index (Phi) is 38.6. The summed E-state index contributed by atoms with van der Waals surface area (Å²) in [5, 5.41) is 70.6. The van der Waals surface area contributed by atoms with Crippen LogP contribution in [0.5, 0.6) is 5.75 Å². The molecule has 3 fully saturated rings. The van der Waals surface area contributed by atoms with Gasteiger partial charge in [-0.1, -0.05) is 102 Å². The van der Waals surface area contributed by atoms with E-state index in [0.717, 1.165) is 26.5 Å². The molecule has 6 heterocycles. The van der Waals surface area contributed by atoms with Crippen molar-refractivity contribution in [3.63, 3.8) is 0 Å². The Morgan fingerprint density at radius 2 is 1.09 bits per heavy atom. The van der Waals surface area contributed by atoms with Crippen LogP contribution < -0.4 is 64.6 Å². The number of H-pyrrole nitrogens is 3. The monoisotopic (exact) mass is 1870 g/mol. The highest BCUT2D eigenvalue weighted by molar-refractivity contribution is 8.00. The SMILES string of the molecule is CCCC[C@H]1C(=O)N(C)[C@@H](CCCC)C(=O)N[C@@H](CC(C)C)C(=O)N[C@H](C(=O)NCC(N)=O)CSCC(=O)N[C@@H](Cc2ccc(O)cc2)C(=O)N(C)[C@@H](C)C(=O)N[C@@H](CCN)C(=O)N2CCC[C@H]2C(=O)N[C@@H](Cc2c[nH]cn2)C(=O)N[C@@H](CCC(=O)O)C(=O)N2C[C@H](O)C[C@H]2C(=O)N[C@@H](Cc2c[nH]c3ccccc23)C(=O)N[C@@H](CO)C(=O)N[C@@H](Cc2c[nH]c3ccccc23)C(=O)N1C. The molecule has 0 unspecified atom stereocenters. The van der Waals surface area contributed by atoms with Gasteiger partial charge in [-0.3, -0.25) is 81.5 Å². The van der Waals surface area contributed by atoms with Crippen molar-refractivity contribution in [1.29, 1.82) is 0 Å². The lowest BCUT2D eigenvalue weighted by Gasteiger charge is -2.36. The summed E-state index contributed by atoms with van der Waals surface area (Å²) in [7, 11) is 3.98. The second-order valence-corrected chi connectivity index (χ2v) is 35.3. The van der Waals surface area contributed by atoms with E-state index >= 15 is 38.4 Å². The van der Waals surface area contributed by atoms with Crippen LogP contribution in [0.3, 0.4) is 0 Å². The van der Waals surface area contributed by atoms with E-state index < -0.39 is 236 Å². The van der Waals surface area contributed by atoms with Gasteiger partial charge in [0.25, 0.3) is 0 Å². The number of aliphatic hydroxyl groups is 2. The summed E-state index contributed by atoms with van der Waals surface area (Å²) in [6, 6.07) is -2.01. The number of amides is 16. The van der Waals surface area contributed by atoms with Gasteiger partial charge in [0.2, 0.25) is 94.5 Å². The van der Waals surface area contributed by atoms with Crippen LogP contribution in [0, 0.1) is 5.92 Å². The molecule has 21 N–H and O–H groups in total. The van der Waals surface area contributed by atoms with Crippen LogP contribution in [0.4, 0.5) is 0 Å². The lowest BCUT2D eigenvalue weighted by Crippen LogP contribution is -2.62. The zero-order chi connectivity index (χ0) is 97.0. The number of nitrogens with one attached hydrogen (secondary N) is 13. The van der Waals surface area contributed by atoms with E-state index in [1.807, 2.05) is 13.8 Å². The summed E-state index contributed by atoms with van der Waals surface area (Å²) in [6.07, 6.45) is 3.06. The van der Waals surface area contributed by atoms with Gasteiger partial charge in [-0.15, -0.1) is 11.8 Å². The first-order chi connectivity index (χ1) is 63.4. The Labute approximate surface area is 773 Å². The predicted octanol–water partition coefficient (Wildman–Crippen LogP) is -1.85. The Balaban J connectivity index is 1.09. The highest BCUT2D eigenvalue weighted by atomic mass is 32.2. The number of primary amides is 1. The molecule has 0 radical (unpaired) electrons. The molecule has 0 spiro atoms. The van der Waals surface area contributed by atoms with E-state index in [4.69, 9.17) is 11.5 Å². The minimum atomic E-state index is -1.91. The number of aliphatic carboxylic acids is 1. The predicted molar refractivity (Wildman–Crippen MR) is 487 cm³/mol. The number of aromatic hydroxyl groups is 1. The zero-order valence-electron chi connectivity index (χ0n) is 75.9. The number of phenolic OH excluding ortho intramolecular Hbond substituents is 1. The number of aromatic amines is 3. The van der Waals surface area contributed by atoms with Gasteiger partial charge in [0, 0.05) is 119 Å². The number of carbonyl (C=O) groups is 17. The number of carboxylic acid groups (broad SMARTS) is 1. The second-order valence-electron chi connectivity index (χ2n) is 34.3. The van der Waals surface area contributed by atoms with Crippen molar-refractivity contribution >= 4 is 134 Å². The first-order valence-electron chi connectivity index (χ1n) is 44.8. The molecule has 9 rings (SSSR count). The minimum absolute atomic E-state index is 0.00607. The number of hydrogen-bond donors (Lipinski definition) is 19. The molecule has 133 heavy (non-hydrogen) atoms. The first kappa shape index (κ1) is 104. The second kappa shape index (κ2) is 49.5. The molecule has 43 heteroatoms. The van der Waals surface area contributed by atoms with Gasteiger partial charge >= 0.3 is 5.97 Å². The number of imidazole rings is 1. The number of likely N-dealkylation sites (N-methyl/N-ethyl adjacent to an activating group) is 3. The third-order valence-corrected chi connectivity index (χ3v) is 25.1. The van der Waals surface area contributed by atoms with E-state index in [-0.39, 0.29) is 100 Å². The van der Waals surface area contributed by atoms with Gasteiger partial charge in [0.1, 0.15) is 90.3 Å². The molecule has 3 aliphatic heterocycles.